The van der Waals surface area contributed by atoms with Crippen LogP contribution in [0.15, 0.2) is 115 Å². The Morgan fingerprint density at radius 2 is 0.714 bits per heavy atom. The van der Waals surface area contributed by atoms with E-state index in [0.29, 0.717) is 38.9 Å². The van der Waals surface area contributed by atoms with Gasteiger partial charge in [0.05, 0.1) is 31.7 Å². The minimum absolute atomic E-state index is 0.157. The minimum atomic E-state index is -1.69. The monoisotopic (exact) mass is 1170 g/mol. The topological polar surface area (TPSA) is 398 Å². The van der Waals surface area contributed by atoms with Crippen LogP contribution in [0.1, 0.15) is 68.6 Å². The van der Waals surface area contributed by atoms with Crippen LogP contribution in [-0.4, -0.2) is 194 Å². The average Bonchev–Trinajstić information content (AvgIpc) is 2.81. The van der Waals surface area contributed by atoms with Crippen LogP contribution in [0.5, 0.6) is 51.7 Å². The Balaban J connectivity index is 0.913. The predicted octanol–water partition coefficient (Wildman–Crippen LogP) is 0.747. The lowest BCUT2D eigenvalue weighted by Crippen LogP contribution is -2.60. The molecule has 11 rings (SSSR count). The van der Waals surface area contributed by atoms with E-state index in [4.69, 9.17) is 37.9 Å². The van der Waals surface area contributed by atoms with E-state index >= 15 is 0 Å². The summed E-state index contributed by atoms with van der Waals surface area (Å²) in [5, 5.41) is 168. The van der Waals surface area contributed by atoms with Crippen molar-refractivity contribution in [1.82, 2.24) is 0 Å². The molecule has 0 spiro atoms. The Bertz CT molecular complexity index is 3280. The zero-order valence-corrected chi connectivity index (χ0v) is 44.1. The number of ether oxygens (including phenoxy) is 8. The zero-order chi connectivity index (χ0) is 59.4. The number of benzene rings is 6. The average molecular weight is 1170 g/mol. The van der Waals surface area contributed by atoms with Gasteiger partial charge in [-0.1, -0.05) is 48.6 Å². The van der Waals surface area contributed by atoms with Crippen molar-refractivity contribution in [3.8, 4) is 51.7 Å². The van der Waals surface area contributed by atoms with Crippen molar-refractivity contribution in [2.24, 2.45) is 0 Å². The van der Waals surface area contributed by atoms with E-state index < -0.39 is 136 Å². The second-order valence-corrected chi connectivity index (χ2v) is 21.2. The number of aliphatic hydroxyl groups excluding tert-OH is 12. The Morgan fingerprint density at radius 1 is 0.357 bits per heavy atom. The minimum Gasteiger partial charge on any atom is -0.508 e. The number of aromatic hydroxyl groups is 4. The van der Waals surface area contributed by atoms with Gasteiger partial charge in [-0.15, -0.1) is 0 Å². The molecule has 84 heavy (non-hydrogen) atoms. The lowest BCUT2D eigenvalue weighted by atomic mass is 9.81. The number of hydrogen-bond acceptors (Lipinski definition) is 24. The Kier molecular flexibility index (Phi) is 16.7. The largest absolute Gasteiger partial charge is 0.508 e. The molecule has 24 heteroatoms. The SMILES string of the molecule is OC[C@H]1O[C@@H](Oc2ccc(/C=C/c3cc(O)c4c(c3)O[C@H](c3ccc(O[C@H]5O[C@H](CO)[C@@H](O)[C@H](O)[C@H]5O)cc3)[C@H]4c3cc(O)c4c(c3)O[C@H](c3ccc(O[C@H]5O[C@H](CO)[C@@H](O)[C@H](O)[C@H]5O)cc3)[C@H]4c3cc(O)cc(O)c3)cc2)[C@@H](O)[C@H](O)[C@H]1O. The van der Waals surface area contributed by atoms with Gasteiger partial charge in [0.1, 0.15) is 137 Å². The van der Waals surface area contributed by atoms with E-state index in [1.807, 2.05) is 0 Å². The second-order valence-electron chi connectivity index (χ2n) is 21.2. The molecule has 0 amide bonds. The van der Waals surface area contributed by atoms with Crippen LogP contribution >= 0.6 is 0 Å². The van der Waals surface area contributed by atoms with Crippen molar-refractivity contribution < 1.29 is 120 Å². The van der Waals surface area contributed by atoms with E-state index in [1.54, 1.807) is 72.8 Å². The molecule has 5 aliphatic rings. The summed E-state index contributed by atoms with van der Waals surface area (Å²) in [4.78, 5) is 0. The maximum atomic E-state index is 12.3. The number of hydrogen-bond donors (Lipinski definition) is 16. The van der Waals surface area contributed by atoms with Gasteiger partial charge < -0.3 is 120 Å². The highest BCUT2D eigenvalue weighted by Gasteiger charge is 2.49. The van der Waals surface area contributed by atoms with Crippen molar-refractivity contribution in [3.05, 3.63) is 160 Å². The first-order valence-electron chi connectivity index (χ1n) is 26.8. The van der Waals surface area contributed by atoms with Crippen molar-refractivity contribution >= 4 is 12.2 Å². The summed E-state index contributed by atoms with van der Waals surface area (Å²) in [5.41, 5.74) is 3.57. The van der Waals surface area contributed by atoms with Crippen LogP contribution in [0.4, 0.5) is 0 Å². The summed E-state index contributed by atoms with van der Waals surface area (Å²) < 4.78 is 47.5. The molecule has 24 nitrogen and oxygen atoms in total. The molecular weight excluding hydrogens is 1100 g/mol. The number of fused-ring (bicyclic) bond motifs is 2. The first-order chi connectivity index (χ1) is 40.3. The molecule has 5 aliphatic heterocycles. The lowest BCUT2D eigenvalue weighted by Gasteiger charge is -2.39. The van der Waals surface area contributed by atoms with Gasteiger partial charge >= 0.3 is 0 Å². The van der Waals surface area contributed by atoms with Gasteiger partial charge in [0.15, 0.2) is 0 Å². The highest BCUT2D eigenvalue weighted by molar-refractivity contribution is 5.73. The molecule has 0 saturated carbocycles. The first-order valence-corrected chi connectivity index (χ1v) is 26.8. The van der Waals surface area contributed by atoms with Crippen molar-refractivity contribution in [3.63, 3.8) is 0 Å². The smallest absolute Gasteiger partial charge is 0.229 e. The normalized spacial score (nSPS) is 32.7. The molecule has 5 heterocycles. The standard InChI is InChI=1S/C60H62O24/c61-22-40-47(68)50(71)53(74)58(82-40)77-33-9-3-25(4-10-33)1-2-26-15-36(66)45-38(16-26)80-57(28-7-13-35(14-8-28)79-60-55(76)52(73)49(70)42(24-63)84-60)44(45)30-19-37(67)46-39(20-30)81-56(43(46)29-17-31(64)21-32(65)18-29)27-5-11-34(12-6-27)78-59-54(75)51(72)48(69)41(23-62)83-59/h1-21,40-44,47-76H,22-24H2/b2-1+/t40-,41-,42-,43+,44+,47+,48-,49-,50-,51+,52+,53+,54-,55-,56-,57-,58-,59+,60+/m1/s1. The summed E-state index contributed by atoms with van der Waals surface area (Å²) in [7, 11) is 0. The molecule has 3 fully saturated rings. The fraction of sp³-hybridized carbons (Fsp3) is 0.367. The fourth-order valence-electron chi connectivity index (χ4n) is 11.3. The third-order valence-electron chi connectivity index (χ3n) is 15.7. The van der Waals surface area contributed by atoms with Crippen molar-refractivity contribution in [2.45, 2.75) is 116 Å². The van der Waals surface area contributed by atoms with E-state index in [9.17, 15) is 81.7 Å². The van der Waals surface area contributed by atoms with Crippen LogP contribution < -0.4 is 23.7 Å². The second kappa shape index (κ2) is 24.0. The Labute approximate surface area is 477 Å². The zero-order valence-electron chi connectivity index (χ0n) is 44.1. The fourth-order valence-corrected chi connectivity index (χ4v) is 11.3. The molecule has 0 aromatic heterocycles. The lowest BCUT2D eigenvalue weighted by molar-refractivity contribution is -0.277. The summed E-state index contributed by atoms with van der Waals surface area (Å²) in [6.07, 6.45) is -21.1. The van der Waals surface area contributed by atoms with Crippen molar-refractivity contribution in [2.75, 3.05) is 19.8 Å². The Hall–Kier alpha value is -7.34. The summed E-state index contributed by atoms with van der Waals surface area (Å²) in [6.45, 7) is -1.96. The molecule has 6 aromatic carbocycles. The molecule has 3 saturated heterocycles. The van der Waals surface area contributed by atoms with E-state index in [2.05, 4.69) is 0 Å². The van der Waals surface area contributed by atoms with Gasteiger partial charge in [0, 0.05) is 17.2 Å². The highest BCUT2D eigenvalue weighted by Crippen LogP contribution is 2.59. The predicted molar refractivity (Wildman–Crippen MR) is 288 cm³/mol. The molecule has 0 unspecified atom stereocenters. The summed E-state index contributed by atoms with van der Waals surface area (Å²) >= 11 is 0. The third kappa shape index (κ3) is 11.3. The highest BCUT2D eigenvalue weighted by atomic mass is 16.7. The van der Waals surface area contributed by atoms with Gasteiger partial charge in [-0.3, -0.25) is 0 Å². The molecule has 446 valence electrons. The molecule has 19 atom stereocenters. The van der Waals surface area contributed by atoms with E-state index in [-0.39, 0.29) is 57.3 Å². The van der Waals surface area contributed by atoms with Crippen LogP contribution in [0, 0.1) is 0 Å². The van der Waals surface area contributed by atoms with Gasteiger partial charge in [-0.05, 0) is 106 Å². The van der Waals surface area contributed by atoms with E-state index in [1.165, 1.54) is 48.5 Å². The van der Waals surface area contributed by atoms with Crippen LogP contribution in [0.3, 0.4) is 0 Å². The van der Waals surface area contributed by atoms with E-state index in [0.717, 1.165) is 6.07 Å². The number of aliphatic hydroxyl groups is 12. The number of rotatable bonds is 15. The van der Waals surface area contributed by atoms with Gasteiger partial charge in [-0.25, -0.2) is 0 Å². The number of phenolic OH excluding ortho intramolecular Hbond substituents is 4. The maximum Gasteiger partial charge on any atom is 0.229 e. The van der Waals surface area contributed by atoms with Crippen molar-refractivity contribution in [1.29, 1.82) is 0 Å². The van der Waals surface area contributed by atoms with Gasteiger partial charge in [0.2, 0.25) is 18.9 Å². The molecule has 0 bridgehead atoms. The van der Waals surface area contributed by atoms with Crippen LogP contribution in [-0.2, 0) is 14.2 Å². The maximum absolute atomic E-state index is 12.3. The Morgan fingerprint density at radius 3 is 1.12 bits per heavy atom. The molecule has 0 radical (unpaired) electrons. The van der Waals surface area contributed by atoms with Gasteiger partial charge in [-0.2, -0.15) is 0 Å². The number of phenols is 4. The third-order valence-corrected chi connectivity index (χ3v) is 15.7. The summed E-state index contributed by atoms with van der Waals surface area (Å²) in [6, 6.07) is 29.6. The first kappa shape index (κ1) is 58.4. The quantitative estimate of drug-likeness (QED) is 0.0631. The van der Waals surface area contributed by atoms with Crippen LogP contribution in [0.2, 0.25) is 0 Å². The molecule has 0 aliphatic carbocycles. The van der Waals surface area contributed by atoms with Crippen LogP contribution in [0.25, 0.3) is 12.2 Å². The van der Waals surface area contributed by atoms with Gasteiger partial charge in [0.25, 0.3) is 0 Å². The molecule has 6 aromatic rings. The molecule has 16 N–H and O–H groups in total. The summed E-state index contributed by atoms with van der Waals surface area (Å²) in [5.74, 6) is -1.76. The molecular formula is C60H62O24.